The number of nitro groups is 1. The minimum atomic E-state index is -0.503. The molecule has 0 aliphatic heterocycles. The number of fused-ring (bicyclic) bond motifs is 1. The average Bonchev–Trinajstić information content (AvgIpc) is 3.24. The van der Waals surface area contributed by atoms with Crippen LogP contribution in [0.2, 0.25) is 0 Å². The smallest absolute Gasteiger partial charge is 0.294 e. The Bertz CT molecular complexity index is 1190. The highest BCUT2D eigenvalue weighted by Gasteiger charge is 2.19. The quantitative estimate of drug-likeness (QED) is 0.405. The molecule has 0 saturated heterocycles. The van der Waals surface area contributed by atoms with E-state index >= 15 is 0 Å². The Hall–Kier alpha value is -3.82. The molecule has 10 nitrogen and oxygen atoms in total. The summed E-state index contributed by atoms with van der Waals surface area (Å²) in [6.45, 7) is 1.97. The molecule has 0 saturated carbocycles. The third-order valence-corrected chi connectivity index (χ3v) is 3.87. The Kier molecular flexibility index (Phi) is 3.57. The van der Waals surface area contributed by atoms with Crippen LogP contribution in [-0.2, 0) is 6.54 Å². The van der Waals surface area contributed by atoms with Crippen LogP contribution >= 0.6 is 0 Å². The maximum atomic E-state index is 12.7. The van der Waals surface area contributed by atoms with Crippen molar-refractivity contribution in [2.45, 2.75) is 13.5 Å². The summed E-state index contributed by atoms with van der Waals surface area (Å²) in [6.07, 6.45) is 2.72. The molecule has 26 heavy (non-hydrogen) atoms. The zero-order valence-electron chi connectivity index (χ0n) is 13.6. The number of hydrogen-bond acceptors (Lipinski definition) is 7. The zero-order chi connectivity index (χ0) is 18.3. The molecule has 0 aliphatic carbocycles. The molecule has 0 unspecified atom stereocenters. The SMILES string of the molecule is Cc1cc(Cn2cnc3c(cnn3-c3ccccc3[N+](=O)[O-])c2=O)no1. The predicted octanol–water partition coefficient (Wildman–Crippen LogP) is 1.84. The van der Waals surface area contributed by atoms with E-state index < -0.39 is 4.92 Å². The van der Waals surface area contributed by atoms with Crippen molar-refractivity contribution in [3.8, 4) is 5.69 Å². The van der Waals surface area contributed by atoms with E-state index in [0.29, 0.717) is 11.5 Å². The maximum Gasteiger partial charge on any atom is 0.294 e. The lowest BCUT2D eigenvalue weighted by Gasteiger charge is -2.05. The second-order valence-electron chi connectivity index (χ2n) is 5.65. The third kappa shape index (κ3) is 2.53. The summed E-state index contributed by atoms with van der Waals surface area (Å²) in [5.74, 6) is 0.645. The van der Waals surface area contributed by atoms with Crippen LogP contribution in [0.25, 0.3) is 16.7 Å². The Morgan fingerprint density at radius 3 is 2.85 bits per heavy atom. The summed E-state index contributed by atoms with van der Waals surface area (Å²) in [5, 5.41) is 19.5. The van der Waals surface area contributed by atoms with E-state index in [2.05, 4.69) is 15.2 Å². The molecular weight excluding hydrogens is 340 g/mol. The number of benzene rings is 1. The van der Waals surface area contributed by atoms with Gasteiger partial charge in [-0.15, -0.1) is 0 Å². The average molecular weight is 352 g/mol. The number of para-hydroxylation sites is 2. The van der Waals surface area contributed by atoms with Crippen LogP contribution in [0.3, 0.4) is 0 Å². The molecule has 0 aliphatic rings. The summed E-state index contributed by atoms with van der Waals surface area (Å²) < 4.78 is 7.67. The van der Waals surface area contributed by atoms with E-state index in [0.717, 1.165) is 0 Å². The highest BCUT2D eigenvalue weighted by molar-refractivity contribution is 5.76. The zero-order valence-corrected chi connectivity index (χ0v) is 13.6. The van der Waals surface area contributed by atoms with Gasteiger partial charge in [-0.1, -0.05) is 17.3 Å². The molecule has 4 rings (SSSR count). The Labute approximate surface area is 145 Å². The first-order chi connectivity index (χ1) is 12.5. The van der Waals surface area contributed by atoms with Gasteiger partial charge in [0.25, 0.3) is 11.2 Å². The molecule has 0 amide bonds. The van der Waals surface area contributed by atoms with Crippen molar-refractivity contribution in [2.24, 2.45) is 0 Å². The van der Waals surface area contributed by atoms with Crippen molar-refractivity contribution in [1.82, 2.24) is 24.5 Å². The third-order valence-electron chi connectivity index (χ3n) is 3.87. The second-order valence-corrected chi connectivity index (χ2v) is 5.65. The van der Waals surface area contributed by atoms with Gasteiger partial charge in [-0.05, 0) is 13.0 Å². The van der Waals surface area contributed by atoms with Crippen molar-refractivity contribution >= 4 is 16.7 Å². The normalized spacial score (nSPS) is 11.1. The molecule has 0 radical (unpaired) electrons. The van der Waals surface area contributed by atoms with Gasteiger partial charge in [-0.3, -0.25) is 19.5 Å². The molecule has 130 valence electrons. The molecule has 0 N–H and O–H groups in total. The van der Waals surface area contributed by atoms with Crippen molar-refractivity contribution in [3.05, 3.63) is 74.8 Å². The van der Waals surface area contributed by atoms with Gasteiger partial charge < -0.3 is 4.52 Å². The largest absolute Gasteiger partial charge is 0.361 e. The Morgan fingerprint density at radius 2 is 2.12 bits per heavy atom. The summed E-state index contributed by atoms with van der Waals surface area (Å²) in [6, 6.07) is 7.87. The van der Waals surface area contributed by atoms with Gasteiger partial charge >= 0.3 is 0 Å². The first-order valence-corrected chi connectivity index (χ1v) is 7.64. The van der Waals surface area contributed by atoms with E-state index in [1.807, 2.05) is 0 Å². The van der Waals surface area contributed by atoms with Crippen LogP contribution in [-0.4, -0.2) is 29.4 Å². The van der Waals surface area contributed by atoms with Gasteiger partial charge in [0.2, 0.25) is 0 Å². The highest BCUT2D eigenvalue weighted by atomic mass is 16.6. The predicted molar refractivity (Wildman–Crippen MR) is 90.1 cm³/mol. The highest BCUT2D eigenvalue weighted by Crippen LogP contribution is 2.23. The molecule has 3 heterocycles. The number of nitro benzene ring substituents is 1. The molecule has 0 spiro atoms. The summed E-state index contributed by atoms with van der Waals surface area (Å²) in [4.78, 5) is 27.7. The lowest BCUT2D eigenvalue weighted by Crippen LogP contribution is -2.21. The summed E-state index contributed by atoms with van der Waals surface area (Å²) in [5.41, 5.74) is 0.639. The standard InChI is InChI=1S/C16H12N6O4/c1-10-6-11(19-26-10)8-20-9-17-15-12(16(20)23)7-18-21(15)13-4-2-3-5-14(13)22(24)25/h2-7,9H,8H2,1H3. The van der Waals surface area contributed by atoms with Gasteiger partial charge in [0, 0.05) is 12.1 Å². The molecule has 0 bridgehead atoms. The Morgan fingerprint density at radius 1 is 1.31 bits per heavy atom. The van der Waals surface area contributed by atoms with Crippen LogP contribution in [0.5, 0.6) is 0 Å². The van der Waals surface area contributed by atoms with E-state index in [4.69, 9.17) is 4.52 Å². The first-order valence-electron chi connectivity index (χ1n) is 7.64. The van der Waals surface area contributed by atoms with Crippen molar-refractivity contribution in [2.75, 3.05) is 0 Å². The van der Waals surface area contributed by atoms with Crippen LogP contribution in [0.1, 0.15) is 11.5 Å². The van der Waals surface area contributed by atoms with Crippen molar-refractivity contribution in [3.63, 3.8) is 0 Å². The van der Waals surface area contributed by atoms with Gasteiger partial charge in [0.15, 0.2) is 5.65 Å². The minimum Gasteiger partial charge on any atom is -0.361 e. The molecule has 3 aromatic heterocycles. The first kappa shape index (κ1) is 15.7. The lowest BCUT2D eigenvalue weighted by molar-refractivity contribution is -0.384. The van der Waals surface area contributed by atoms with Gasteiger partial charge in [0.05, 0.1) is 17.7 Å². The monoisotopic (exact) mass is 352 g/mol. The van der Waals surface area contributed by atoms with Gasteiger partial charge in [-0.25, -0.2) is 9.67 Å². The van der Waals surface area contributed by atoms with E-state index in [-0.39, 0.29) is 34.5 Å². The summed E-state index contributed by atoms with van der Waals surface area (Å²) >= 11 is 0. The number of rotatable bonds is 4. The maximum absolute atomic E-state index is 12.7. The summed E-state index contributed by atoms with van der Waals surface area (Å²) in [7, 11) is 0. The molecule has 10 heteroatoms. The van der Waals surface area contributed by atoms with Crippen LogP contribution in [0.15, 0.2) is 52.2 Å². The minimum absolute atomic E-state index is 0.124. The fourth-order valence-electron chi connectivity index (χ4n) is 2.70. The van der Waals surface area contributed by atoms with E-state index in [1.165, 1.54) is 27.8 Å². The van der Waals surface area contributed by atoms with Crippen molar-refractivity contribution < 1.29 is 9.45 Å². The van der Waals surface area contributed by atoms with E-state index in [9.17, 15) is 14.9 Å². The van der Waals surface area contributed by atoms with Gasteiger partial charge in [-0.2, -0.15) is 5.10 Å². The second kappa shape index (κ2) is 5.92. The molecule has 4 aromatic rings. The molecular formula is C16H12N6O4. The van der Waals surface area contributed by atoms with Crippen LogP contribution in [0, 0.1) is 17.0 Å². The van der Waals surface area contributed by atoms with E-state index in [1.54, 1.807) is 31.2 Å². The lowest BCUT2D eigenvalue weighted by atomic mass is 10.2. The van der Waals surface area contributed by atoms with Crippen LogP contribution < -0.4 is 5.56 Å². The molecule has 1 aromatic carbocycles. The number of nitrogens with zero attached hydrogens (tertiary/aromatic N) is 6. The Balaban J connectivity index is 1.82. The molecule has 0 fully saturated rings. The van der Waals surface area contributed by atoms with Crippen LogP contribution in [0.4, 0.5) is 5.69 Å². The molecule has 0 atom stereocenters. The van der Waals surface area contributed by atoms with Crippen molar-refractivity contribution in [1.29, 1.82) is 0 Å². The fraction of sp³-hybridized carbons (Fsp3) is 0.125. The fourth-order valence-corrected chi connectivity index (χ4v) is 2.70. The number of aryl methyl sites for hydroxylation is 1. The topological polar surface area (TPSA) is 122 Å². The number of hydrogen-bond donors (Lipinski definition) is 0. The number of aromatic nitrogens is 5. The van der Waals surface area contributed by atoms with Gasteiger partial charge in [0.1, 0.15) is 28.9 Å².